The molecule has 1 aromatic carbocycles. The van der Waals surface area contributed by atoms with Crippen LogP contribution in [0, 0.1) is 6.92 Å². The fraction of sp³-hybridized carbons (Fsp3) is 0.353. The fourth-order valence-electron chi connectivity index (χ4n) is 2.66. The van der Waals surface area contributed by atoms with Crippen molar-refractivity contribution in [2.75, 3.05) is 23.3 Å². The number of carbonyl (C=O) groups is 1. The van der Waals surface area contributed by atoms with Crippen molar-refractivity contribution in [3.63, 3.8) is 0 Å². The molecule has 0 saturated carbocycles. The van der Waals surface area contributed by atoms with E-state index in [0.717, 1.165) is 24.5 Å². The summed E-state index contributed by atoms with van der Waals surface area (Å²) in [6, 6.07) is 11.5. The second-order valence-corrected chi connectivity index (χ2v) is 5.46. The minimum Gasteiger partial charge on any atom is -0.456 e. The van der Waals surface area contributed by atoms with Crippen LogP contribution in [0.1, 0.15) is 35.6 Å². The SMILES string of the molecule is Cc1ccc(C(=O)Nc2ccc(N3CCCCC3)cc2)o1. The predicted octanol–water partition coefficient (Wildman–Crippen LogP) is 3.83. The molecule has 0 bridgehead atoms. The molecule has 1 aliphatic heterocycles. The summed E-state index contributed by atoms with van der Waals surface area (Å²) in [5.74, 6) is 0.863. The number of nitrogens with zero attached hydrogens (tertiary/aromatic N) is 1. The van der Waals surface area contributed by atoms with Gasteiger partial charge in [-0.1, -0.05) is 0 Å². The van der Waals surface area contributed by atoms with Crippen LogP contribution in [-0.4, -0.2) is 19.0 Å². The number of hydrogen-bond acceptors (Lipinski definition) is 3. The molecule has 4 nitrogen and oxygen atoms in total. The molecule has 1 N–H and O–H groups in total. The third-order valence-electron chi connectivity index (χ3n) is 3.81. The zero-order valence-corrected chi connectivity index (χ0v) is 12.3. The smallest absolute Gasteiger partial charge is 0.291 e. The Morgan fingerprint density at radius 2 is 1.76 bits per heavy atom. The lowest BCUT2D eigenvalue weighted by molar-refractivity contribution is 0.0995. The van der Waals surface area contributed by atoms with Gasteiger partial charge < -0.3 is 14.6 Å². The number of piperidine rings is 1. The number of anilines is 2. The molecule has 1 amide bonds. The van der Waals surface area contributed by atoms with E-state index in [9.17, 15) is 4.79 Å². The monoisotopic (exact) mass is 284 g/mol. The molecule has 3 rings (SSSR count). The van der Waals surface area contributed by atoms with E-state index in [4.69, 9.17) is 4.42 Å². The van der Waals surface area contributed by atoms with Crippen LogP contribution in [0.4, 0.5) is 11.4 Å². The van der Waals surface area contributed by atoms with E-state index in [-0.39, 0.29) is 5.91 Å². The molecule has 2 aromatic rings. The van der Waals surface area contributed by atoms with Gasteiger partial charge in [-0.3, -0.25) is 4.79 Å². The summed E-state index contributed by atoms with van der Waals surface area (Å²) >= 11 is 0. The first-order valence-electron chi connectivity index (χ1n) is 7.45. The number of amides is 1. The van der Waals surface area contributed by atoms with E-state index in [0.29, 0.717) is 5.76 Å². The normalized spacial score (nSPS) is 15.0. The number of nitrogens with one attached hydrogen (secondary N) is 1. The highest BCUT2D eigenvalue weighted by molar-refractivity contribution is 6.02. The van der Waals surface area contributed by atoms with E-state index in [1.165, 1.54) is 24.9 Å². The van der Waals surface area contributed by atoms with Crippen molar-refractivity contribution in [1.82, 2.24) is 0 Å². The molecule has 4 heteroatoms. The Morgan fingerprint density at radius 1 is 1.05 bits per heavy atom. The van der Waals surface area contributed by atoms with Gasteiger partial charge in [0.2, 0.25) is 0 Å². The van der Waals surface area contributed by atoms with Gasteiger partial charge in [0.1, 0.15) is 5.76 Å². The van der Waals surface area contributed by atoms with Crippen LogP contribution in [0.2, 0.25) is 0 Å². The first-order chi connectivity index (χ1) is 10.2. The summed E-state index contributed by atoms with van der Waals surface area (Å²) in [7, 11) is 0. The molecular formula is C17H20N2O2. The van der Waals surface area contributed by atoms with E-state index in [1.807, 2.05) is 19.1 Å². The Kier molecular flexibility index (Phi) is 3.95. The summed E-state index contributed by atoms with van der Waals surface area (Å²) in [4.78, 5) is 14.4. The van der Waals surface area contributed by atoms with Crippen LogP contribution in [0.25, 0.3) is 0 Å². The van der Waals surface area contributed by atoms with Crippen molar-refractivity contribution in [2.45, 2.75) is 26.2 Å². The molecule has 2 heterocycles. The summed E-state index contributed by atoms with van der Waals surface area (Å²) in [6.45, 7) is 4.07. The molecular weight excluding hydrogens is 264 g/mol. The van der Waals surface area contributed by atoms with Crippen molar-refractivity contribution in [3.8, 4) is 0 Å². The number of carbonyl (C=O) groups excluding carboxylic acids is 1. The molecule has 110 valence electrons. The highest BCUT2D eigenvalue weighted by atomic mass is 16.3. The standard InChI is InChI=1S/C17H20N2O2/c1-13-5-10-16(21-13)17(20)18-14-6-8-15(9-7-14)19-11-3-2-4-12-19/h5-10H,2-4,11-12H2,1H3,(H,18,20). The molecule has 1 fully saturated rings. The maximum atomic E-state index is 12.0. The van der Waals surface area contributed by atoms with Crippen molar-refractivity contribution < 1.29 is 9.21 Å². The molecule has 1 aliphatic rings. The lowest BCUT2D eigenvalue weighted by Crippen LogP contribution is -2.29. The van der Waals surface area contributed by atoms with Gasteiger partial charge in [0.25, 0.3) is 5.91 Å². The van der Waals surface area contributed by atoms with E-state index >= 15 is 0 Å². The predicted molar refractivity (Wildman–Crippen MR) is 83.9 cm³/mol. The second-order valence-electron chi connectivity index (χ2n) is 5.46. The van der Waals surface area contributed by atoms with Crippen LogP contribution in [0.5, 0.6) is 0 Å². The van der Waals surface area contributed by atoms with Gasteiger partial charge >= 0.3 is 0 Å². The Morgan fingerprint density at radius 3 is 2.38 bits per heavy atom. The fourth-order valence-corrected chi connectivity index (χ4v) is 2.66. The molecule has 21 heavy (non-hydrogen) atoms. The largest absolute Gasteiger partial charge is 0.456 e. The molecule has 0 spiro atoms. The summed E-state index contributed by atoms with van der Waals surface area (Å²) in [5.41, 5.74) is 2.01. The maximum absolute atomic E-state index is 12.0. The van der Waals surface area contributed by atoms with Crippen LogP contribution < -0.4 is 10.2 Å². The third-order valence-corrected chi connectivity index (χ3v) is 3.81. The minimum absolute atomic E-state index is 0.214. The van der Waals surface area contributed by atoms with Gasteiger partial charge in [0.15, 0.2) is 5.76 Å². The molecule has 0 aliphatic carbocycles. The first kappa shape index (κ1) is 13.7. The van der Waals surface area contributed by atoms with Crippen molar-refractivity contribution >= 4 is 17.3 Å². The maximum Gasteiger partial charge on any atom is 0.291 e. The molecule has 0 atom stereocenters. The van der Waals surface area contributed by atoms with Crippen molar-refractivity contribution in [2.24, 2.45) is 0 Å². The van der Waals surface area contributed by atoms with E-state index in [2.05, 4.69) is 22.3 Å². The molecule has 1 saturated heterocycles. The number of rotatable bonds is 3. The minimum atomic E-state index is -0.214. The number of benzene rings is 1. The van der Waals surface area contributed by atoms with Crippen molar-refractivity contribution in [1.29, 1.82) is 0 Å². The summed E-state index contributed by atoms with van der Waals surface area (Å²) < 4.78 is 5.32. The lowest BCUT2D eigenvalue weighted by atomic mass is 10.1. The Labute approximate surface area is 124 Å². The molecule has 0 unspecified atom stereocenters. The van der Waals surface area contributed by atoms with Gasteiger partial charge in [-0.25, -0.2) is 0 Å². The van der Waals surface area contributed by atoms with Crippen LogP contribution in [0.15, 0.2) is 40.8 Å². The number of hydrogen-bond donors (Lipinski definition) is 1. The molecule has 0 radical (unpaired) electrons. The highest BCUT2D eigenvalue weighted by Gasteiger charge is 2.12. The molecule has 1 aromatic heterocycles. The lowest BCUT2D eigenvalue weighted by Gasteiger charge is -2.28. The zero-order chi connectivity index (χ0) is 14.7. The van der Waals surface area contributed by atoms with Crippen LogP contribution in [-0.2, 0) is 0 Å². The number of aryl methyl sites for hydroxylation is 1. The van der Waals surface area contributed by atoms with Gasteiger partial charge in [-0.15, -0.1) is 0 Å². The van der Waals surface area contributed by atoms with Crippen LogP contribution >= 0.6 is 0 Å². The average molecular weight is 284 g/mol. The van der Waals surface area contributed by atoms with E-state index < -0.39 is 0 Å². The second kappa shape index (κ2) is 6.04. The zero-order valence-electron chi connectivity index (χ0n) is 12.3. The van der Waals surface area contributed by atoms with Gasteiger partial charge in [-0.05, 0) is 62.6 Å². The Bertz CT molecular complexity index is 610. The van der Waals surface area contributed by atoms with Crippen LogP contribution in [0.3, 0.4) is 0 Å². The van der Waals surface area contributed by atoms with Gasteiger partial charge in [0.05, 0.1) is 0 Å². The van der Waals surface area contributed by atoms with E-state index in [1.54, 1.807) is 12.1 Å². The third kappa shape index (κ3) is 3.27. The summed E-state index contributed by atoms with van der Waals surface area (Å²) in [5, 5.41) is 2.85. The summed E-state index contributed by atoms with van der Waals surface area (Å²) in [6.07, 6.45) is 3.85. The Balaban J connectivity index is 1.65. The quantitative estimate of drug-likeness (QED) is 0.931. The highest BCUT2D eigenvalue weighted by Crippen LogP contribution is 2.22. The average Bonchev–Trinajstić information content (AvgIpc) is 2.96. The first-order valence-corrected chi connectivity index (χ1v) is 7.45. The Hall–Kier alpha value is -2.23. The number of furan rings is 1. The van der Waals surface area contributed by atoms with Gasteiger partial charge in [-0.2, -0.15) is 0 Å². The van der Waals surface area contributed by atoms with Gasteiger partial charge in [0, 0.05) is 24.5 Å². The topological polar surface area (TPSA) is 45.5 Å². The van der Waals surface area contributed by atoms with Crippen molar-refractivity contribution in [3.05, 3.63) is 47.9 Å².